The highest BCUT2D eigenvalue weighted by atomic mass is 79.9. The van der Waals surface area contributed by atoms with Crippen LogP contribution in [0.4, 0.5) is 8.78 Å². The summed E-state index contributed by atoms with van der Waals surface area (Å²) >= 11 is 3.36. The first-order valence-electron chi connectivity index (χ1n) is 4.77. The Morgan fingerprint density at radius 1 is 1.33 bits per heavy atom. The van der Waals surface area contributed by atoms with Gasteiger partial charge in [0.1, 0.15) is 11.4 Å². The molecule has 0 heterocycles. The highest BCUT2D eigenvalue weighted by Gasteiger charge is 2.44. The predicted octanol–water partition coefficient (Wildman–Crippen LogP) is 3.58. The number of halogens is 3. The summed E-state index contributed by atoms with van der Waals surface area (Å²) in [5, 5.41) is 0.721. The second kappa shape index (κ2) is 3.74. The molecule has 4 heteroatoms. The van der Waals surface area contributed by atoms with Crippen molar-refractivity contribution in [2.45, 2.75) is 25.4 Å². The summed E-state index contributed by atoms with van der Waals surface area (Å²) in [5.74, 6) is -1.25. The van der Waals surface area contributed by atoms with Crippen LogP contribution in [0.15, 0.2) is 12.1 Å². The van der Waals surface area contributed by atoms with Crippen molar-refractivity contribution < 1.29 is 13.5 Å². The largest absolute Gasteiger partial charge is 0.486 e. The Labute approximate surface area is 95.6 Å². The van der Waals surface area contributed by atoms with Gasteiger partial charge in [0.15, 0.2) is 11.6 Å². The van der Waals surface area contributed by atoms with Gasteiger partial charge in [-0.2, -0.15) is 0 Å². The Kier molecular flexibility index (Phi) is 2.71. The first-order chi connectivity index (χ1) is 7.06. The molecule has 0 radical (unpaired) electrons. The van der Waals surface area contributed by atoms with Gasteiger partial charge in [-0.15, -0.1) is 0 Å². The Hall–Kier alpha value is -0.640. The van der Waals surface area contributed by atoms with Crippen LogP contribution in [0.2, 0.25) is 0 Å². The predicted molar refractivity (Wildman–Crippen MR) is 57.5 cm³/mol. The summed E-state index contributed by atoms with van der Waals surface area (Å²) in [6.07, 6.45) is 1.91. The molecule has 82 valence electrons. The van der Waals surface area contributed by atoms with E-state index in [4.69, 9.17) is 4.74 Å². The average molecular weight is 277 g/mol. The molecule has 0 atom stereocenters. The van der Waals surface area contributed by atoms with Crippen molar-refractivity contribution in [2.24, 2.45) is 0 Å². The fourth-order valence-corrected chi connectivity index (χ4v) is 2.05. The highest BCUT2D eigenvalue weighted by Crippen LogP contribution is 2.42. The zero-order chi connectivity index (χ0) is 11.1. The number of ether oxygens (including phenoxy) is 1. The van der Waals surface area contributed by atoms with E-state index in [-0.39, 0.29) is 5.60 Å². The summed E-state index contributed by atoms with van der Waals surface area (Å²) in [6.45, 7) is 1.71. The van der Waals surface area contributed by atoms with Gasteiger partial charge in [-0.05, 0) is 31.4 Å². The lowest BCUT2D eigenvalue weighted by atomic mass is 10.2. The highest BCUT2D eigenvalue weighted by molar-refractivity contribution is 9.09. The molecule has 1 aromatic carbocycles. The molecule has 0 amide bonds. The van der Waals surface area contributed by atoms with Crippen LogP contribution >= 0.6 is 15.9 Å². The molecule has 1 nitrogen and oxygen atoms in total. The van der Waals surface area contributed by atoms with Gasteiger partial charge in [-0.1, -0.05) is 15.9 Å². The maximum absolute atomic E-state index is 13.0. The van der Waals surface area contributed by atoms with E-state index >= 15 is 0 Å². The van der Waals surface area contributed by atoms with Crippen LogP contribution in [0.25, 0.3) is 0 Å². The number of hydrogen-bond acceptors (Lipinski definition) is 1. The zero-order valence-corrected chi connectivity index (χ0v) is 9.90. The van der Waals surface area contributed by atoms with Crippen molar-refractivity contribution >= 4 is 15.9 Å². The van der Waals surface area contributed by atoms with Gasteiger partial charge in [-0.3, -0.25) is 0 Å². The van der Waals surface area contributed by atoms with Gasteiger partial charge in [0.05, 0.1) is 0 Å². The van der Waals surface area contributed by atoms with Crippen LogP contribution in [0.1, 0.15) is 18.4 Å². The molecule has 15 heavy (non-hydrogen) atoms. The lowest BCUT2D eigenvalue weighted by Gasteiger charge is -2.17. The van der Waals surface area contributed by atoms with Crippen LogP contribution in [-0.2, 0) is 0 Å². The molecule has 0 spiro atoms. The fraction of sp³-hybridized carbons (Fsp3) is 0.455. The standard InChI is InChI=1S/C11H11BrF2O/c1-7-4-8(13)9(14)5-10(7)15-11(6-12)2-3-11/h4-5H,2-3,6H2,1H3. The molecule has 0 N–H and O–H groups in total. The van der Waals surface area contributed by atoms with E-state index in [2.05, 4.69) is 15.9 Å². The molecule has 2 rings (SSSR count). The van der Waals surface area contributed by atoms with E-state index in [0.717, 1.165) is 30.3 Å². The van der Waals surface area contributed by atoms with Gasteiger partial charge in [0.25, 0.3) is 0 Å². The van der Waals surface area contributed by atoms with E-state index in [1.807, 2.05) is 0 Å². The number of hydrogen-bond donors (Lipinski definition) is 0. The molecule has 0 unspecified atom stereocenters. The van der Waals surface area contributed by atoms with Crippen molar-refractivity contribution in [1.82, 2.24) is 0 Å². The van der Waals surface area contributed by atoms with E-state index < -0.39 is 11.6 Å². The normalized spacial score (nSPS) is 17.6. The topological polar surface area (TPSA) is 9.23 Å². The zero-order valence-electron chi connectivity index (χ0n) is 8.32. The van der Waals surface area contributed by atoms with Crippen LogP contribution in [-0.4, -0.2) is 10.9 Å². The average Bonchev–Trinajstić information content (AvgIpc) is 2.95. The number of alkyl halides is 1. The fourth-order valence-electron chi connectivity index (χ4n) is 1.37. The van der Waals surface area contributed by atoms with Crippen molar-refractivity contribution in [3.8, 4) is 5.75 Å². The second-order valence-corrected chi connectivity index (χ2v) is 4.51. The van der Waals surface area contributed by atoms with Gasteiger partial charge in [0.2, 0.25) is 0 Å². The summed E-state index contributed by atoms with van der Waals surface area (Å²) in [7, 11) is 0. The summed E-state index contributed by atoms with van der Waals surface area (Å²) in [6, 6.07) is 2.28. The minimum absolute atomic E-state index is 0.199. The number of benzene rings is 1. The van der Waals surface area contributed by atoms with Crippen molar-refractivity contribution in [3.63, 3.8) is 0 Å². The lowest BCUT2D eigenvalue weighted by Crippen LogP contribution is -2.20. The summed E-state index contributed by atoms with van der Waals surface area (Å²) in [5.41, 5.74) is 0.427. The third-order valence-corrected chi connectivity index (χ3v) is 3.62. The minimum atomic E-state index is -0.860. The summed E-state index contributed by atoms with van der Waals surface area (Å²) < 4.78 is 31.5. The molecule has 0 aromatic heterocycles. The van der Waals surface area contributed by atoms with Crippen LogP contribution in [0, 0.1) is 18.6 Å². The number of rotatable bonds is 3. The third-order valence-electron chi connectivity index (χ3n) is 2.60. The maximum atomic E-state index is 13.0. The molecular formula is C11H11BrF2O. The maximum Gasteiger partial charge on any atom is 0.162 e. The molecule has 0 aliphatic heterocycles. The molecule has 1 saturated carbocycles. The van der Waals surface area contributed by atoms with Crippen LogP contribution in [0.3, 0.4) is 0 Å². The van der Waals surface area contributed by atoms with Crippen molar-refractivity contribution in [3.05, 3.63) is 29.3 Å². The lowest BCUT2D eigenvalue weighted by molar-refractivity contribution is 0.203. The van der Waals surface area contributed by atoms with Crippen LogP contribution in [0.5, 0.6) is 5.75 Å². The minimum Gasteiger partial charge on any atom is -0.486 e. The molecule has 1 aliphatic carbocycles. The quantitative estimate of drug-likeness (QED) is 0.767. The van der Waals surface area contributed by atoms with Gasteiger partial charge in [-0.25, -0.2) is 8.78 Å². The van der Waals surface area contributed by atoms with E-state index in [1.165, 1.54) is 0 Å². The number of aryl methyl sites for hydroxylation is 1. The van der Waals surface area contributed by atoms with Crippen molar-refractivity contribution in [2.75, 3.05) is 5.33 Å². The molecular weight excluding hydrogens is 266 g/mol. The Bertz CT molecular complexity index is 388. The van der Waals surface area contributed by atoms with E-state index in [1.54, 1.807) is 6.92 Å². The van der Waals surface area contributed by atoms with Crippen LogP contribution < -0.4 is 4.74 Å². The molecule has 1 aromatic rings. The smallest absolute Gasteiger partial charge is 0.162 e. The molecule has 1 fully saturated rings. The van der Waals surface area contributed by atoms with Crippen molar-refractivity contribution in [1.29, 1.82) is 0 Å². The van der Waals surface area contributed by atoms with E-state index in [9.17, 15) is 8.78 Å². The Morgan fingerprint density at radius 3 is 2.47 bits per heavy atom. The third kappa shape index (κ3) is 2.14. The van der Waals surface area contributed by atoms with Gasteiger partial charge >= 0.3 is 0 Å². The molecule has 0 bridgehead atoms. The Balaban J connectivity index is 2.25. The monoisotopic (exact) mass is 276 g/mol. The summed E-state index contributed by atoms with van der Waals surface area (Å²) in [4.78, 5) is 0. The van der Waals surface area contributed by atoms with Gasteiger partial charge < -0.3 is 4.74 Å². The molecule has 0 saturated heterocycles. The Morgan fingerprint density at radius 2 is 1.93 bits per heavy atom. The van der Waals surface area contributed by atoms with E-state index in [0.29, 0.717) is 11.3 Å². The first kappa shape index (κ1) is 10.9. The van der Waals surface area contributed by atoms with Gasteiger partial charge in [0, 0.05) is 11.4 Å². The molecule has 1 aliphatic rings. The SMILES string of the molecule is Cc1cc(F)c(F)cc1OC1(CBr)CC1. The first-order valence-corrected chi connectivity index (χ1v) is 5.89. The second-order valence-electron chi connectivity index (χ2n) is 3.95.